The lowest BCUT2D eigenvalue weighted by atomic mass is 9.62. The van der Waals surface area contributed by atoms with Gasteiger partial charge in [-0.1, -0.05) is 13.3 Å². The molecule has 2 N–H and O–H groups in total. The number of rotatable bonds is 5. The Kier molecular flexibility index (Phi) is 4.95. The highest BCUT2D eigenvalue weighted by atomic mass is 16.5. The van der Waals surface area contributed by atoms with Gasteiger partial charge in [-0.25, -0.2) is 0 Å². The fourth-order valence-corrected chi connectivity index (χ4v) is 5.39. The summed E-state index contributed by atoms with van der Waals surface area (Å²) in [6.45, 7) is 2.45. The van der Waals surface area contributed by atoms with Gasteiger partial charge in [-0.15, -0.1) is 0 Å². The summed E-state index contributed by atoms with van der Waals surface area (Å²) >= 11 is 0. The topological polar surface area (TPSA) is 119 Å². The average molecular weight is 439 g/mol. The third-order valence-electron chi connectivity index (χ3n) is 6.87. The van der Waals surface area contributed by atoms with Crippen molar-refractivity contribution in [3.63, 3.8) is 0 Å². The number of unbranched alkanes of at least 4 members (excludes halogenated alkanes) is 1. The first-order valence-corrected chi connectivity index (χ1v) is 11.0. The molecule has 168 valence electrons. The van der Waals surface area contributed by atoms with E-state index in [-0.39, 0.29) is 51.7 Å². The maximum atomic E-state index is 13.4. The van der Waals surface area contributed by atoms with Gasteiger partial charge in [-0.05, 0) is 48.4 Å². The van der Waals surface area contributed by atoms with Crippen molar-refractivity contribution in [2.75, 3.05) is 13.7 Å². The van der Waals surface area contributed by atoms with Crippen molar-refractivity contribution in [2.24, 2.45) is 17.8 Å². The predicted octanol–water partition coefficient (Wildman–Crippen LogP) is 3.81. The lowest BCUT2D eigenvalue weighted by Crippen LogP contribution is -2.41. The summed E-state index contributed by atoms with van der Waals surface area (Å²) in [4.78, 5) is 26.8. The largest absolute Gasteiger partial charge is 0.511 e. The number of phenols is 1. The third-order valence-corrected chi connectivity index (χ3v) is 6.87. The quantitative estimate of drug-likeness (QED) is 0.675. The van der Waals surface area contributed by atoms with Gasteiger partial charge in [0.2, 0.25) is 0 Å². The lowest BCUT2D eigenvalue weighted by molar-refractivity contribution is 0.0763. The summed E-state index contributed by atoms with van der Waals surface area (Å²) in [5, 5.41) is 25.5. The van der Waals surface area contributed by atoms with Crippen molar-refractivity contribution in [3.8, 4) is 17.4 Å². The number of benzene rings is 1. The third kappa shape index (κ3) is 2.92. The van der Waals surface area contributed by atoms with Crippen molar-refractivity contribution in [2.45, 2.75) is 39.0 Å². The van der Waals surface area contributed by atoms with Crippen molar-refractivity contribution < 1.29 is 33.8 Å². The molecule has 0 saturated carbocycles. The van der Waals surface area contributed by atoms with E-state index in [0.717, 1.165) is 12.8 Å². The molecule has 3 aliphatic rings. The number of carbonyl (C=O) groups excluding carboxylic acids is 2. The summed E-state index contributed by atoms with van der Waals surface area (Å²) in [6, 6.07) is 3.04. The van der Waals surface area contributed by atoms with Crippen molar-refractivity contribution >= 4 is 11.6 Å². The zero-order chi connectivity index (χ0) is 22.6. The Balaban J connectivity index is 1.55. The molecule has 8 nitrogen and oxygen atoms in total. The molecule has 0 bridgehead atoms. The van der Waals surface area contributed by atoms with Crippen LogP contribution in [0.1, 0.15) is 58.2 Å². The van der Waals surface area contributed by atoms with Gasteiger partial charge in [-0.2, -0.15) is 0 Å². The van der Waals surface area contributed by atoms with Gasteiger partial charge in [0.1, 0.15) is 22.8 Å². The van der Waals surface area contributed by atoms with E-state index >= 15 is 0 Å². The molecule has 0 saturated heterocycles. The van der Waals surface area contributed by atoms with Crippen LogP contribution in [0.25, 0.3) is 0 Å². The van der Waals surface area contributed by atoms with Gasteiger partial charge < -0.3 is 24.2 Å². The second-order valence-corrected chi connectivity index (χ2v) is 8.70. The minimum atomic E-state index is -0.847. The summed E-state index contributed by atoms with van der Waals surface area (Å²) in [5.74, 6) is -1.33. The second kappa shape index (κ2) is 7.69. The first-order valence-electron chi connectivity index (χ1n) is 11.0. The van der Waals surface area contributed by atoms with Crippen LogP contribution in [0.4, 0.5) is 0 Å². The molecule has 3 atom stereocenters. The smallest absolute Gasteiger partial charge is 0.265 e. The number of hydrogen-bond acceptors (Lipinski definition) is 8. The van der Waals surface area contributed by atoms with E-state index in [1.54, 1.807) is 6.07 Å². The molecule has 2 aromatic rings. The number of methoxy groups -OCH3 is 1. The number of aromatic nitrogens is 1. The Morgan fingerprint density at radius 3 is 2.75 bits per heavy atom. The Morgan fingerprint density at radius 1 is 1.19 bits per heavy atom. The number of fused-ring (bicyclic) bond motifs is 4. The highest BCUT2D eigenvalue weighted by Gasteiger charge is 2.51. The minimum absolute atomic E-state index is 0.137. The maximum absolute atomic E-state index is 13.4. The zero-order valence-corrected chi connectivity index (χ0v) is 18.0. The molecule has 1 aromatic carbocycles. The monoisotopic (exact) mass is 439 g/mol. The van der Waals surface area contributed by atoms with Crippen LogP contribution in [-0.2, 0) is 12.8 Å². The van der Waals surface area contributed by atoms with Crippen LogP contribution in [0.15, 0.2) is 28.0 Å². The Morgan fingerprint density at radius 2 is 2.00 bits per heavy atom. The fraction of sp³-hybridized carbons (Fsp3) is 0.458. The fourth-order valence-electron chi connectivity index (χ4n) is 5.39. The number of ketones is 2. The van der Waals surface area contributed by atoms with Crippen LogP contribution in [0.5, 0.6) is 17.4 Å². The van der Waals surface area contributed by atoms with E-state index in [2.05, 4.69) is 5.16 Å². The molecule has 3 aliphatic carbocycles. The summed E-state index contributed by atoms with van der Waals surface area (Å²) < 4.78 is 16.5. The standard InChI is InChI=1S/C24H25NO7/c1-3-4-7-31-24-20-16(32-25-24)10-12-8-11-9-13-15(30-2)6-5-14(26)19(13)22(28)17(11)21(27)18(12)23(20)29/h5-6,11-12,18,26-27H,3-4,7-10H2,1-2H3. The molecule has 1 heterocycles. The molecule has 1 aromatic heterocycles. The van der Waals surface area contributed by atoms with Crippen LogP contribution in [0.2, 0.25) is 0 Å². The number of allylic oxidation sites excluding steroid dienone is 2. The van der Waals surface area contributed by atoms with E-state index in [1.165, 1.54) is 13.2 Å². The molecule has 5 rings (SSSR count). The molecule has 0 aliphatic heterocycles. The molecule has 0 amide bonds. The summed E-state index contributed by atoms with van der Waals surface area (Å²) in [6.07, 6.45) is 3.16. The number of Topliss-reactive ketones (excluding diaryl/α,β-unsaturated/α-hetero) is 2. The average Bonchev–Trinajstić information content (AvgIpc) is 3.17. The van der Waals surface area contributed by atoms with E-state index in [0.29, 0.717) is 42.9 Å². The van der Waals surface area contributed by atoms with E-state index < -0.39 is 11.7 Å². The number of aliphatic hydroxyl groups excluding tert-OH is 1. The molecule has 3 unspecified atom stereocenters. The highest BCUT2D eigenvalue weighted by Crippen LogP contribution is 2.51. The molecule has 8 heteroatoms. The Labute approximate surface area is 184 Å². The number of hydrogen-bond donors (Lipinski definition) is 2. The molecular weight excluding hydrogens is 414 g/mol. The van der Waals surface area contributed by atoms with Crippen molar-refractivity contribution in [1.82, 2.24) is 5.16 Å². The number of aliphatic hydroxyl groups is 1. The molecule has 0 fully saturated rings. The number of nitrogens with zero attached hydrogens (tertiary/aromatic N) is 1. The van der Waals surface area contributed by atoms with Gasteiger partial charge in [0.25, 0.3) is 5.88 Å². The van der Waals surface area contributed by atoms with Crippen LogP contribution < -0.4 is 9.47 Å². The molecule has 0 radical (unpaired) electrons. The first kappa shape index (κ1) is 20.6. The highest BCUT2D eigenvalue weighted by molar-refractivity contribution is 6.14. The molecule has 32 heavy (non-hydrogen) atoms. The van der Waals surface area contributed by atoms with Crippen LogP contribution >= 0.6 is 0 Å². The van der Waals surface area contributed by atoms with Gasteiger partial charge in [0.05, 0.1) is 25.2 Å². The molecular formula is C24H25NO7. The van der Waals surface area contributed by atoms with Crippen molar-refractivity contribution in [3.05, 3.63) is 45.9 Å². The van der Waals surface area contributed by atoms with Gasteiger partial charge >= 0.3 is 0 Å². The van der Waals surface area contributed by atoms with E-state index in [9.17, 15) is 19.8 Å². The number of ether oxygens (including phenoxy) is 2. The van der Waals surface area contributed by atoms with Gasteiger partial charge in [-0.3, -0.25) is 9.59 Å². The first-order chi connectivity index (χ1) is 15.5. The molecule has 0 spiro atoms. The number of phenolic OH excluding ortho intramolecular Hbond substituents is 1. The SMILES string of the molecule is CCCCOc1noc2c1C(=O)C1C(O)=C3C(=O)c4c(O)ccc(OC)c4CC3CC1C2. The Bertz CT molecular complexity index is 1150. The predicted molar refractivity (Wildman–Crippen MR) is 112 cm³/mol. The second-order valence-electron chi connectivity index (χ2n) is 8.70. The summed E-state index contributed by atoms with van der Waals surface area (Å²) in [5.41, 5.74) is 1.25. The van der Waals surface area contributed by atoms with Gasteiger partial charge in [0, 0.05) is 17.6 Å². The Hall–Kier alpha value is -3.29. The van der Waals surface area contributed by atoms with E-state index in [1.807, 2.05) is 6.92 Å². The van der Waals surface area contributed by atoms with Crippen LogP contribution in [-0.4, -0.2) is 40.7 Å². The summed E-state index contributed by atoms with van der Waals surface area (Å²) in [7, 11) is 1.52. The van der Waals surface area contributed by atoms with Crippen molar-refractivity contribution in [1.29, 1.82) is 0 Å². The lowest BCUT2D eigenvalue weighted by Gasteiger charge is -2.40. The van der Waals surface area contributed by atoms with Crippen LogP contribution in [0.3, 0.4) is 0 Å². The zero-order valence-electron chi connectivity index (χ0n) is 18.0. The van der Waals surface area contributed by atoms with Crippen LogP contribution in [0, 0.1) is 17.8 Å². The number of aromatic hydroxyl groups is 1. The normalized spacial score (nSPS) is 23.9. The minimum Gasteiger partial charge on any atom is -0.511 e. The van der Waals surface area contributed by atoms with Gasteiger partial charge in [0.15, 0.2) is 17.3 Å². The maximum Gasteiger partial charge on any atom is 0.265 e. The number of carbonyl (C=O) groups is 2. The van der Waals surface area contributed by atoms with E-state index in [4.69, 9.17) is 14.0 Å².